The number of hydrogen-bond donors (Lipinski definition) is 5. The number of aromatic nitrogens is 2. The van der Waals surface area contributed by atoms with Gasteiger partial charge in [-0.3, -0.25) is 20.8 Å². The van der Waals surface area contributed by atoms with Crippen LogP contribution in [-0.4, -0.2) is 152 Å². The lowest BCUT2D eigenvalue weighted by molar-refractivity contribution is -0.493. The average Bonchev–Trinajstić information content (AvgIpc) is 3.28. The number of sulfonamides is 1. The Morgan fingerprint density at radius 2 is 1.21 bits per heavy atom. The molecule has 1 heterocycles. The fourth-order valence-electron chi connectivity index (χ4n) is 4.81. The number of carbonyl (C=O) groups is 2. The van der Waals surface area contributed by atoms with Crippen molar-refractivity contribution in [1.29, 1.82) is 0 Å². The molecule has 0 fully saturated rings. The maximum Gasteiger partial charge on any atom is 0.510 e. The summed E-state index contributed by atoms with van der Waals surface area (Å²) in [6, 6.07) is 13.6. The van der Waals surface area contributed by atoms with Gasteiger partial charge < -0.3 is 48.4 Å². The van der Waals surface area contributed by atoms with E-state index in [0.717, 1.165) is 5.56 Å². The number of benzene rings is 2. The van der Waals surface area contributed by atoms with Gasteiger partial charge >= 0.3 is 12.3 Å². The molecule has 66 heavy (non-hydrogen) atoms. The van der Waals surface area contributed by atoms with Crippen molar-refractivity contribution >= 4 is 33.9 Å². The zero-order chi connectivity index (χ0) is 48.5. The quantitative estimate of drug-likeness (QED) is 0.0132. The van der Waals surface area contributed by atoms with Gasteiger partial charge in [0.25, 0.3) is 15.9 Å². The summed E-state index contributed by atoms with van der Waals surface area (Å²) in [5.41, 5.74) is 7.06. The Kier molecular flexibility index (Phi) is 22.9. The molecule has 0 atom stereocenters. The average molecular weight is 956 g/mol. The summed E-state index contributed by atoms with van der Waals surface area (Å²) < 4.78 is 78.1. The van der Waals surface area contributed by atoms with E-state index in [0.29, 0.717) is 4.31 Å². The van der Waals surface area contributed by atoms with Gasteiger partial charge in [-0.2, -0.15) is 0 Å². The third-order valence-corrected chi connectivity index (χ3v) is 9.70. The maximum atomic E-state index is 14.6. The summed E-state index contributed by atoms with van der Waals surface area (Å²) in [4.78, 5) is 46.3. The molecule has 3 aromatic rings. The second kappa shape index (κ2) is 27.9. The summed E-state index contributed by atoms with van der Waals surface area (Å²) in [5.74, 6) is -1.83. The van der Waals surface area contributed by atoms with Gasteiger partial charge in [-0.05, 0) is 41.3 Å². The lowest BCUT2D eigenvalue weighted by Crippen LogP contribution is -2.39. The van der Waals surface area contributed by atoms with Crippen molar-refractivity contribution < 1.29 is 91.1 Å². The molecule has 27 heteroatoms. The van der Waals surface area contributed by atoms with Gasteiger partial charge in [-0.1, -0.05) is 51.6 Å². The van der Waals surface area contributed by atoms with E-state index in [1.54, 1.807) is 24.3 Å². The molecule has 3 rings (SSSR count). The van der Waals surface area contributed by atoms with E-state index in [9.17, 15) is 18.0 Å². The highest BCUT2D eigenvalue weighted by atomic mass is 32.2. The van der Waals surface area contributed by atoms with Crippen LogP contribution < -0.4 is 15.2 Å². The Bertz CT molecular complexity index is 2140. The van der Waals surface area contributed by atoms with Crippen molar-refractivity contribution in [2.75, 3.05) is 79.9 Å². The van der Waals surface area contributed by atoms with Crippen LogP contribution in [0.3, 0.4) is 0 Å². The van der Waals surface area contributed by atoms with E-state index in [4.69, 9.17) is 69.2 Å². The van der Waals surface area contributed by atoms with Crippen LogP contribution in [0.15, 0.2) is 95.0 Å². The zero-order valence-corrected chi connectivity index (χ0v) is 37.2. The fraction of sp³-hybridized carbons (Fsp3) is 0.410. The molecule has 0 aliphatic rings. The number of nitrogens with zero attached hydrogens (tertiary/aromatic N) is 6. The van der Waals surface area contributed by atoms with E-state index in [-0.39, 0.29) is 86.2 Å². The summed E-state index contributed by atoms with van der Waals surface area (Å²) in [5, 5.41) is 33.3. The molecule has 0 spiro atoms. The Balaban J connectivity index is 2.05. The van der Waals surface area contributed by atoms with E-state index in [1.165, 1.54) is 49.8 Å². The molecule has 0 aliphatic carbocycles. The third kappa shape index (κ3) is 19.1. The van der Waals surface area contributed by atoms with Crippen molar-refractivity contribution in [2.24, 2.45) is 10.7 Å². The SMILES string of the molecule is C=C(/N=C(OCCOC(=O)OCCOCCON(O)O)\C(Oc1ccccc1OC)=C(/N)N(COC(=O)OCCOCCON(O)O)S(=O)(=O)c1ccc(C(C)(C)C)cc1)c1ncccn1. The highest BCUT2D eigenvalue weighted by Gasteiger charge is 2.33. The highest BCUT2D eigenvalue weighted by molar-refractivity contribution is 7.89. The summed E-state index contributed by atoms with van der Waals surface area (Å²) in [6.45, 7) is 6.07. The van der Waals surface area contributed by atoms with Gasteiger partial charge in [0, 0.05) is 12.4 Å². The van der Waals surface area contributed by atoms with Crippen molar-refractivity contribution in [3.63, 3.8) is 0 Å². The summed E-state index contributed by atoms with van der Waals surface area (Å²) >= 11 is 0. The second-order valence-electron chi connectivity index (χ2n) is 13.6. The second-order valence-corrected chi connectivity index (χ2v) is 15.5. The molecule has 0 unspecified atom stereocenters. The van der Waals surface area contributed by atoms with Crippen LogP contribution >= 0.6 is 0 Å². The highest BCUT2D eigenvalue weighted by Crippen LogP contribution is 2.31. The number of methoxy groups -OCH3 is 1. The largest absolute Gasteiger partial charge is 0.510 e. The minimum absolute atomic E-state index is 0.00207. The van der Waals surface area contributed by atoms with E-state index in [1.807, 2.05) is 20.8 Å². The summed E-state index contributed by atoms with van der Waals surface area (Å²) in [6.07, 6.45) is 0.342. The smallest absolute Gasteiger partial charge is 0.493 e. The predicted molar refractivity (Wildman–Crippen MR) is 222 cm³/mol. The zero-order valence-electron chi connectivity index (χ0n) is 36.4. The van der Waals surface area contributed by atoms with Gasteiger partial charge in [0.15, 0.2) is 29.9 Å². The topological polar surface area (TPSA) is 325 Å². The van der Waals surface area contributed by atoms with Crippen LogP contribution in [0, 0.1) is 0 Å². The number of ether oxygens (including phenoxy) is 9. The number of para-hydroxylation sites is 2. The van der Waals surface area contributed by atoms with E-state index >= 15 is 0 Å². The molecule has 364 valence electrons. The van der Waals surface area contributed by atoms with Crippen molar-refractivity contribution in [3.8, 4) is 11.5 Å². The maximum absolute atomic E-state index is 14.6. The lowest BCUT2D eigenvalue weighted by Gasteiger charge is -2.27. The third-order valence-electron chi connectivity index (χ3n) is 7.95. The molecule has 6 N–H and O–H groups in total. The van der Waals surface area contributed by atoms with Gasteiger partial charge in [-0.15, -0.1) is 0 Å². The van der Waals surface area contributed by atoms with E-state index < -0.39 is 70.5 Å². The predicted octanol–water partition coefficient (Wildman–Crippen LogP) is 3.39. The van der Waals surface area contributed by atoms with Gasteiger partial charge in [0.2, 0.25) is 5.76 Å². The lowest BCUT2D eigenvalue weighted by atomic mass is 9.87. The first-order valence-corrected chi connectivity index (χ1v) is 20.9. The molecule has 0 bridgehead atoms. The number of aliphatic imine (C=N–C) groups is 1. The van der Waals surface area contributed by atoms with Crippen molar-refractivity contribution in [3.05, 3.63) is 96.5 Å². The minimum atomic E-state index is -4.79. The molecule has 2 aromatic carbocycles. The normalized spacial score (nSPS) is 12.3. The van der Waals surface area contributed by atoms with Crippen LogP contribution in [-0.2, 0) is 58.3 Å². The standard InChI is InChI=1S/C39H53N7O19S/c1-28(35-41-15-8-16-42-35)43-36(58-23-24-61-37(47)59-21-17-56-19-25-63-45(49)50)33(65-32-10-7-6-9-31(32)55-5)34(40)44(27-62-38(48)60-22-18-57-20-26-64-46(51)52)66(53,54)30-13-11-29(12-14-30)39(2,3)4/h6-16,49-52H,1,17-27,40H2,2-5H3/b34-33-,43-36+. The number of carbonyl (C=O) groups excluding carboxylic acids is 2. The number of nitrogens with two attached hydrogens (primary N) is 1. The first kappa shape index (κ1) is 54.1. The van der Waals surface area contributed by atoms with Crippen LogP contribution in [0.1, 0.15) is 32.2 Å². The summed E-state index contributed by atoms with van der Waals surface area (Å²) in [7, 11) is -3.44. The molecule has 0 aliphatic heterocycles. The number of rotatable bonds is 28. The monoisotopic (exact) mass is 955 g/mol. The van der Waals surface area contributed by atoms with Gasteiger partial charge in [0.05, 0.1) is 62.4 Å². The molecule has 0 saturated carbocycles. The first-order chi connectivity index (χ1) is 31.4. The van der Waals surface area contributed by atoms with Crippen LogP contribution in [0.5, 0.6) is 11.5 Å². The Morgan fingerprint density at radius 3 is 1.74 bits per heavy atom. The molecular formula is C39H53N7O19S. The Hall–Kier alpha value is -6.24. The molecule has 1 aromatic heterocycles. The van der Waals surface area contributed by atoms with Crippen molar-refractivity contribution in [2.45, 2.75) is 31.1 Å². The molecular weight excluding hydrogens is 903 g/mol. The first-order valence-electron chi connectivity index (χ1n) is 19.4. The molecule has 0 radical (unpaired) electrons. The molecule has 26 nitrogen and oxygen atoms in total. The van der Waals surface area contributed by atoms with Gasteiger partial charge in [0.1, 0.15) is 32.1 Å². The molecule has 0 amide bonds. The van der Waals surface area contributed by atoms with E-state index in [2.05, 4.69) is 31.2 Å². The van der Waals surface area contributed by atoms with Gasteiger partial charge in [-0.25, -0.2) is 46.9 Å². The van der Waals surface area contributed by atoms with Crippen LogP contribution in [0.2, 0.25) is 0 Å². The number of hydrogen-bond acceptors (Lipinski definition) is 25. The fourth-order valence-corrected chi connectivity index (χ4v) is 6.08. The molecule has 0 saturated heterocycles. The van der Waals surface area contributed by atoms with Crippen molar-refractivity contribution in [1.82, 2.24) is 25.1 Å². The Labute approximate surface area is 379 Å². The minimum Gasteiger partial charge on any atom is -0.493 e. The van der Waals surface area contributed by atoms with Crippen LogP contribution in [0.4, 0.5) is 9.59 Å². The Morgan fingerprint density at radius 1 is 0.712 bits per heavy atom. The van der Waals surface area contributed by atoms with Crippen LogP contribution in [0.25, 0.3) is 5.70 Å².